The number of nitrogens with one attached hydrogen (secondary N) is 1. The molecule has 6 heteroatoms. The third-order valence-electron chi connectivity index (χ3n) is 4.02. The smallest absolute Gasteiger partial charge is 0.256 e. The second-order valence-electron chi connectivity index (χ2n) is 5.52. The van der Waals surface area contributed by atoms with E-state index < -0.39 is 0 Å². The van der Waals surface area contributed by atoms with Crippen LogP contribution in [0.3, 0.4) is 0 Å². The number of ether oxygens (including phenoxy) is 1. The number of pyridine rings is 1. The zero-order chi connectivity index (χ0) is 15.6. The van der Waals surface area contributed by atoms with Gasteiger partial charge in [-0.05, 0) is 42.3 Å². The Morgan fingerprint density at radius 3 is 3.09 bits per heavy atom. The minimum absolute atomic E-state index is 0.160. The highest BCUT2D eigenvalue weighted by atomic mass is 32.1. The quantitative estimate of drug-likeness (QED) is 0.801. The first kappa shape index (κ1) is 14.3. The first-order valence-corrected chi connectivity index (χ1v) is 8.36. The molecule has 0 unspecified atom stereocenters. The first-order chi connectivity index (χ1) is 11.3. The summed E-state index contributed by atoms with van der Waals surface area (Å²) in [7, 11) is 0. The highest BCUT2D eigenvalue weighted by molar-refractivity contribution is 7.16. The van der Waals surface area contributed by atoms with Crippen LogP contribution >= 0.6 is 11.3 Å². The van der Waals surface area contributed by atoms with Gasteiger partial charge in [-0.3, -0.25) is 4.79 Å². The Bertz CT molecular complexity index is 856. The minimum atomic E-state index is -0.160. The largest absolute Gasteiger partial charge is 0.381 e. The molecule has 1 saturated heterocycles. The SMILES string of the molecule is O=C(Nc1cc([C@H]2CCOC2)ccn1)c1ccc2ncsc2c1. The predicted molar refractivity (Wildman–Crippen MR) is 90.0 cm³/mol. The lowest BCUT2D eigenvalue weighted by Gasteiger charge is -2.10. The van der Waals surface area contributed by atoms with Gasteiger partial charge in [0, 0.05) is 24.3 Å². The number of anilines is 1. The first-order valence-electron chi connectivity index (χ1n) is 7.48. The standard InChI is InChI=1S/C17H15N3O2S/c21-17(12-1-2-14-15(7-12)23-10-19-14)20-16-8-11(3-5-18-16)13-4-6-22-9-13/h1-3,5,7-8,10,13H,4,6,9H2,(H,18,20,21)/t13-/m0/s1. The molecule has 1 amide bonds. The van der Waals surface area contributed by atoms with E-state index in [1.165, 1.54) is 11.3 Å². The van der Waals surface area contributed by atoms with Crippen molar-refractivity contribution in [3.63, 3.8) is 0 Å². The number of fused-ring (bicyclic) bond motifs is 1. The molecule has 0 radical (unpaired) electrons. The molecule has 0 spiro atoms. The summed E-state index contributed by atoms with van der Waals surface area (Å²) >= 11 is 1.52. The van der Waals surface area contributed by atoms with E-state index in [2.05, 4.69) is 15.3 Å². The van der Waals surface area contributed by atoms with Gasteiger partial charge in [0.2, 0.25) is 0 Å². The Hall–Kier alpha value is -2.31. The van der Waals surface area contributed by atoms with Gasteiger partial charge in [-0.25, -0.2) is 9.97 Å². The van der Waals surface area contributed by atoms with E-state index in [1.807, 2.05) is 24.3 Å². The molecule has 1 aliphatic heterocycles. The maximum atomic E-state index is 12.4. The number of nitrogens with zero attached hydrogens (tertiary/aromatic N) is 2. The normalized spacial score (nSPS) is 17.5. The molecule has 0 bridgehead atoms. The molecule has 1 fully saturated rings. The number of aromatic nitrogens is 2. The zero-order valence-electron chi connectivity index (χ0n) is 12.4. The Labute approximate surface area is 137 Å². The summed E-state index contributed by atoms with van der Waals surface area (Å²) in [6, 6.07) is 9.42. The van der Waals surface area contributed by atoms with E-state index in [4.69, 9.17) is 4.74 Å². The Kier molecular flexibility index (Phi) is 3.77. The molecule has 3 heterocycles. The van der Waals surface area contributed by atoms with E-state index in [0.29, 0.717) is 17.3 Å². The summed E-state index contributed by atoms with van der Waals surface area (Å²) < 4.78 is 6.42. The maximum Gasteiger partial charge on any atom is 0.256 e. The van der Waals surface area contributed by atoms with Crippen LogP contribution in [0.15, 0.2) is 42.0 Å². The van der Waals surface area contributed by atoms with Crippen LogP contribution in [0.5, 0.6) is 0 Å². The minimum Gasteiger partial charge on any atom is -0.381 e. The van der Waals surface area contributed by atoms with Gasteiger partial charge in [-0.1, -0.05) is 0 Å². The van der Waals surface area contributed by atoms with Crippen LogP contribution in [-0.2, 0) is 4.74 Å². The Balaban J connectivity index is 1.54. The number of hydrogen-bond donors (Lipinski definition) is 1. The molecule has 23 heavy (non-hydrogen) atoms. The van der Waals surface area contributed by atoms with Gasteiger partial charge in [0.15, 0.2) is 0 Å². The average molecular weight is 325 g/mol. The average Bonchev–Trinajstić information content (AvgIpc) is 3.26. The fourth-order valence-electron chi connectivity index (χ4n) is 2.75. The highest BCUT2D eigenvalue weighted by Gasteiger charge is 2.18. The van der Waals surface area contributed by atoms with Crippen LogP contribution in [-0.4, -0.2) is 29.1 Å². The molecule has 0 aliphatic carbocycles. The summed E-state index contributed by atoms with van der Waals surface area (Å²) in [5.74, 6) is 0.804. The van der Waals surface area contributed by atoms with Gasteiger partial charge < -0.3 is 10.1 Å². The molecule has 0 saturated carbocycles. The van der Waals surface area contributed by atoms with E-state index in [9.17, 15) is 4.79 Å². The molecule has 1 aromatic carbocycles. The van der Waals surface area contributed by atoms with Crippen molar-refractivity contribution in [3.05, 3.63) is 53.2 Å². The van der Waals surface area contributed by atoms with Gasteiger partial charge in [0.25, 0.3) is 5.91 Å². The van der Waals surface area contributed by atoms with Crippen molar-refractivity contribution in [2.24, 2.45) is 0 Å². The monoisotopic (exact) mass is 325 g/mol. The molecule has 5 nitrogen and oxygen atoms in total. The number of carbonyl (C=O) groups excluding carboxylic acids is 1. The van der Waals surface area contributed by atoms with Crippen LogP contribution in [0.2, 0.25) is 0 Å². The number of carbonyl (C=O) groups is 1. The van der Waals surface area contributed by atoms with E-state index in [1.54, 1.807) is 17.8 Å². The van der Waals surface area contributed by atoms with Gasteiger partial charge in [-0.2, -0.15) is 0 Å². The summed E-state index contributed by atoms with van der Waals surface area (Å²) in [5.41, 5.74) is 4.46. The van der Waals surface area contributed by atoms with Crippen molar-refractivity contribution in [2.75, 3.05) is 18.5 Å². The third kappa shape index (κ3) is 2.95. The van der Waals surface area contributed by atoms with Gasteiger partial charge >= 0.3 is 0 Å². The molecule has 1 N–H and O–H groups in total. The molecular weight excluding hydrogens is 310 g/mol. The fraction of sp³-hybridized carbons (Fsp3) is 0.235. The summed E-state index contributed by atoms with van der Waals surface area (Å²) in [6.45, 7) is 1.53. The number of thiazole rings is 1. The second kappa shape index (κ2) is 6.06. The zero-order valence-corrected chi connectivity index (χ0v) is 13.2. The van der Waals surface area contributed by atoms with Crippen molar-refractivity contribution in [2.45, 2.75) is 12.3 Å². The van der Waals surface area contributed by atoms with Crippen LogP contribution < -0.4 is 5.32 Å². The van der Waals surface area contributed by atoms with Gasteiger partial charge in [0.05, 0.1) is 22.3 Å². The van der Waals surface area contributed by atoms with Crippen LogP contribution in [0.1, 0.15) is 28.3 Å². The number of hydrogen-bond acceptors (Lipinski definition) is 5. The van der Waals surface area contributed by atoms with Crippen molar-refractivity contribution in [1.82, 2.24) is 9.97 Å². The van der Waals surface area contributed by atoms with Crippen LogP contribution in [0, 0.1) is 0 Å². The van der Waals surface area contributed by atoms with E-state index in [-0.39, 0.29) is 5.91 Å². The molecule has 3 aromatic rings. The third-order valence-corrected chi connectivity index (χ3v) is 4.81. The molecular formula is C17H15N3O2S. The summed E-state index contributed by atoms with van der Waals surface area (Å²) in [6.07, 6.45) is 2.75. The molecule has 4 rings (SSSR count). The van der Waals surface area contributed by atoms with Crippen LogP contribution in [0.4, 0.5) is 5.82 Å². The number of rotatable bonds is 3. The highest BCUT2D eigenvalue weighted by Crippen LogP contribution is 2.26. The van der Waals surface area contributed by atoms with Crippen molar-refractivity contribution < 1.29 is 9.53 Å². The lowest BCUT2D eigenvalue weighted by molar-refractivity contribution is 0.102. The summed E-state index contributed by atoms with van der Waals surface area (Å²) in [5, 5.41) is 2.87. The molecule has 2 aromatic heterocycles. The maximum absolute atomic E-state index is 12.4. The lowest BCUT2D eigenvalue weighted by Crippen LogP contribution is -2.13. The van der Waals surface area contributed by atoms with Gasteiger partial charge in [-0.15, -0.1) is 11.3 Å². The topological polar surface area (TPSA) is 64.1 Å². The number of benzene rings is 1. The van der Waals surface area contributed by atoms with E-state index >= 15 is 0 Å². The predicted octanol–water partition coefficient (Wildman–Crippen LogP) is 3.45. The Morgan fingerprint density at radius 2 is 2.22 bits per heavy atom. The van der Waals surface area contributed by atoms with Crippen molar-refractivity contribution in [3.8, 4) is 0 Å². The van der Waals surface area contributed by atoms with Crippen LogP contribution in [0.25, 0.3) is 10.2 Å². The van der Waals surface area contributed by atoms with Gasteiger partial charge in [0.1, 0.15) is 5.82 Å². The molecule has 1 aliphatic rings. The molecule has 116 valence electrons. The Morgan fingerprint density at radius 1 is 1.26 bits per heavy atom. The lowest BCUT2D eigenvalue weighted by atomic mass is 10.00. The van der Waals surface area contributed by atoms with Crippen molar-refractivity contribution >= 4 is 33.3 Å². The molecule has 1 atom stereocenters. The van der Waals surface area contributed by atoms with E-state index in [0.717, 1.165) is 35.4 Å². The van der Waals surface area contributed by atoms with Crippen molar-refractivity contribution in [1.29, 1.82) is 0 Å². The second-order valence-corrected chi connectivity index (χ2v) is 6.41. The fourth-order valence-corrected chi connectivity index (χ4v) is 3.47. The number of amides is 1. The summed E-state index contributed by atoms with van der Waals surface area (Å²) in [4.78, 5) is 20.9.